The summed E-state index contributed by atoms with van der Waals surface area (Å²) >= 11 is 5.79. The van der Waals surface area contributed by atoms with Crippen molar-refractivity contribution in [1.82, 2.24) is 29.7 Å². The zero-order chi connectivity index (χ0) is 60.1. The lowest BCUT2D eigenvalue weighted by Crippen LogP contribution is -2.57. The highest BCUT2D eigenvalue weighted by atomic mass is 35.5. The molecule has 3 aliphatic heterocycles. The van der Waals surface area contributed by atoms with E-state index < -0.39 is 77.5 Å². The van der Waals surface area contributed by atoms with Gasteiger partial charge in [-0.05, 0) is 144 Å². The van der Waals surface area contributed by atoms with Crippen LogP contribution in [0, 0.1) is 0 Å². The van der Waals surface area contributed by atoms with Gasteiger partial charge in [-0.1, -0.05) is 12.1 Å². The van der Waals surface area contributed by atoms with Crippen LogP contribution in [0.25, 0.3) is 11.4 Å². The number of likely N-dealkylation sites (N-methyl/N-ethyl adjacent to an activating group) is 2. The highest BCUT2D eigenvalue weighted by Gasteiger charge is 2.51. The lowest BCUT2D eigenvalue weighted by molar-refractivity contribution is -0.138. The third kappa shape index (κ3) is 15.5. The monoisotopic (exact) mass is 1160 g/mol. The van der Waals surface area contributed by atoms with Crippen molar-refractivity contribution in [3.63, 3.8) is 0 Å². The zero-order valence-corrected chi connectivity index (χ0v) is 45.9. The molecule has 0 radical (unpaired) electrons. The second-order valence-electron chi connectivity index (χ2n) is 20.2. The number of alkyl halides is 6. The third-order valence-corrected chi connectivity index (χ3v) is 13.8. The van der Waals surface area contributed by atoms with Crippen molar-refractivity contribution in [3.05, 3.63) is 137 Å². The molecule has 0 aliphatic carbocycles. The number of primary amides is 4. The van der Waals surface area contributed by atoms with Crippen molar-refractivity contribution in [1.29, 1.82) is 0 Å². The van der Waals surface area contributed by atoms with Gasteiger partial charge in [-0.3, -0.25) is 19.2 Å². The van der Waals surface area contributed by atoms with E-state index in [1.807, 2.05) is 63.7 Å². The lowest BCUT2D eigenvalue weighted by atomic mass is 9.79. The largest absolute Gasteiger partial charge is 0.494 e. The number of ether oxygens (including phenoxy) is 2. The minimum Gasteiger partial charge on any atom is -0.457 e. The molecule has 4 aromatic carbocycles. The van der Waals surface area contributed by atoms with Crippen LogP contribution in [-0.2, 0) is 31.3 Å². The fraction of sp³-hybridized carbons (Fsp3) is 0.333. The van der Waals surface area contributed by atoms with Crippen LogP contribution in [0.15, 0.2) is 109 Å². The molecule has 2 atom stereocenters. The van der Waals surface area contributed by atoms with Crippen molar-refractivity contribution in [2.75, 3.05) is 63.2 Å². The van der Waals surface area contributed by atoms with Crippen molar-refractivity contribution in [3.8, 4) is 34.4 Å². The first-order valence-electron chi connectivity index (χ1n) is 25.2. The number of nitrogens with zero attached hydrogens (tertiary/aromatic N) is 8. The minimum atomic E-state index is -4.43. The van der Waals surface area contributed by atoms with Crippen LogP contribution >= 0.6 is 11.6 Å². The van der Waals surface area contributed by atoms with Crippen molar-refractivity contribution in [2.24, 2.45) is 22.9 Å². The van der Waals surface area contributed by atoms with Crippen LogP contribution in [0.2, 0.25) is 5.28 Å². The number of hydrogen-bond acceptors (Lipinski definition) is 16. The summed E-state index contributed by atoms with van der Waals surface area (Å²) in [6, 6.07) is 24.1. The highest BCUT2D eigenvalue weighted by Crippen LogP contribution is 2.38. The Morgan fingerprint density at radius 3 is 1.30 bits per heavy atom. The van der Waals surface area contributed by atoms with Crippen LogP contribution in [0.1, 0.15) is 59.8 Å². The van der Waals surface area contributed by atoms with E-state index in [0.717, 1.165) is 36.3 Å². The van der Waals surface area contributed by atoms with Crippen molar-refractivity contribution < 1.29 is 64.3 Å². The van der Waals surface area contributed by atoms with Crippen molar-refractivity contribution in [2.45, 2.75) is 63.3 Å². The van der Waals surface area contributed by atoms with Gasteiger partial charge in [0.05, 0.1) is 22.3 Å². The number of nitrogens with two attached hydrogens (primary N) is 4. The van der Waals surface area contributed by atoms with E-state index in [0.29, 0.717) is 67.2 Å². The van der Waals surface area contributed by atoms with Gasteiger partial charge >= 0.3 is 19.5 Å². The fourth-order valence-corrected chi connectivity index (χ4v) is 8.61. The molecule has 3 saturated heterocycles. The molecule has 0 saturated carbocycles. The van der Waals surface area contributed by atoms with E-state index in [2.05, 4.69) is 19.9 Å². The van der Waals surface area contributed by atoms with Gasteiger partial charge in [0.15, 0.2) is 5.82 Å². The van der Waals surface area contributed by atoms with Crippen molar-refractivity contribution >= 4 is 59.4 Å². The Morgan fingerprint density at radius 2 is 0.927 bits per heavy atom. The van der Waals surface area contributed by atoms with E-state index >= 15 is 0 Å². The molecule has 5 heterocycles. The van der Waals surface area contributed by atoms with Gasteiger partial charge in [0, 0.05) is 57.0 Å². The molecule has 20 nitrogen and oxygen atoms in total. The molecule has 434 valence electrons. The molecule has 2 aromatic heterocycles. The number of carbonyl (C=O) groups excluding carboxylic acids is 4. The van der Waals surface area contributed by atoms with E-state index in [1.54, 1.807) is 46.2 Å². The Balaban J connectivity index is 0.000000186. The van der Waals surface area contributed by atoms with Crippen LogP contribution in [-0.4, -0.2) is 137 Å². The predicted molar refractivity (Wildman–Crippen MR) is 292 cm³/mol. The van der Waals surface area contributed by atoms with E-state index in [9.17, 15) is 45.5 Å². The van der Waals surface area contributed by atoms with E-state index in [-0.39, 0.29) is 28.2 Å². The summed E-state index contributed by atoms with van der Waals surface area (Å²) < 4.78 is 99.2. The van der Waals surface area contributed by atoms with Gasteiger partial charge in [-0.2, -0.15) is 26.3 Å². The molecule has 3 fully saturated rings. The molecule has 9 rings (SSSR count). The quantitative estimate of drug-likeness (QED) is 0.0595. The van der Waals surface area contributed by atoms with Gasteiger partial charge < -0.3 is 61.3 Å². The zero-order valence-electron chi connectivity index (χ0n) is 45.2. The third-order valence-electron chi connectivity index (χ3n) is 13.7. The Morgan fingerprint density at radius 1 is 0.561 bits per heavy atom. The first-order chi connectivity index (χ1) is 38.4. The average Bonchev–Trinajstić information content (AvgIpc) is 3.40. The molecule has 4 amide bonds. The van der Waals surface area contributed by atoms with Gasteiger partial charge in [-0.15, -0.1) is 0 Å². The number of aromatic nitrogens is 4. The molecule has 2 unspecified atom stereocenters. The smallest absolute Gasteiger partial charge is 0.457 e. The average molecular weight is 1160 g/mol. The number of benzene rings is 4. The van der Waals surface area contributed by atoms with Crippen LogP contribution < -0.4 is 47.7 Å². The molecule has 0 spiro atoms. The van der Waals surface area contributed by atoms with Crippen LogP contribution in [0.5, 0.6) is 23.0 Å². The summed E-state index contributed by atoms with van der Waals surface area (Å²) in [6.07, 6.45) is -8.79. The fourth-order valence-electron chi connectivity index (χ4n) is 8.43. The number of carbonyl (C=O) groups is 4. The Hall–Kier alpha value is -8.11. The Bertz CT molecular complexity index is 3240. The summed E-state index contributed by atoms with van der Waals surface area (Å²) in [5.41, 5.74) is 20.7. The molecule has 28 heteroatoms. The number of rotatable bonds is 12. The number of amides is 4. The molecule has 3 aliphatic rings. The maximum Gasteiger partial charge on any atom is 0.494 e. The maximum atomic E-state index is 12.7. The highest BCUT2D eigenvalue weighted by molar-refractivity contribution is 6.62. The van der Waals surface area contributed by atoms with Crippen LogP contribution in [0.3, 0.4) is 0 Å². The standard InChI is InChI=1S/C24H23F3N6O3.C19H20BF3O3.C11H15ClN6O2/c1-32-10-11-33(19(13-32)22(29)35)20-12-18(21(28)34)30-23(31-20)14-2-6-16(7-3-14)36-17-8-4-15(5-9-17)24(25,26)27;1-17(2)18(3,4)26-20(25-17)14-7-11-16(12-8-14)24-15-9-5-13(6-10-15)19(21,22)23;1-17-2-3-18(7(5-17)10(14)20)8-4-6(9(13)19)15-11(12)16-8/h2-9,12,19H,10-11,13H2,1H3,(H2,28,34)(H2,29,35);5-12H,1-4H3;4,7H,2-3,5H2,1H3,(H2,13,19)(H2,14,20). The van der Waals surface area contributed by atoms with Gasteiger partial charge in [-0.25, -0.2) is 19.9 Å². The first kappa shape index (κ1) is 61.5. The van der Waals surface area contributed by atoms with Crippen LogP contribution in [0.4, 0.5) is 38.0 Å². The SMILES string of the molecule is CC1(C)OB(c2ccc(Oc3ccc(C(F)(F)F)cc3)cc2)OC1(C)C.CN1CCN(c2cc(C(N)=O)nc(-c3ccc(Oc4ccc(C(F)(F)F)cc4)cc3)n2)C(C(N)=O)C1.CN1CCN(c2cc(C(N)=O)nc(Cl)n2)C(C(N)=O)C1. The van der Waals surface area contributed by atoms with E-state index in [1.165, 1.54) is 36.4 Å². The van der Waals surface area contributed by atoms with E-state index in [4.69, 9.17) is 53.3 Å². The second-order valence-corrected chi connectivity index (χ2v) is 20.6. The maximum absolute atomic E-state index is 12.7. The molecular weight excluding hydrogens is 1100 g/mol. The van der Waals surface area contributed by atoms with Gasteiger partial charge in [0.2, 0.25) is 17.1 Å². The summed E-state index contributed by atoms with van der Waals surface area (Å²) in [5, 5.41) is -0.0987. The minimum absolute atomic E-state index is 0.00199. The molecule has 0 bridgehead atoms. The molecule has 82 heavy (non-hydrogen) atoms. The Kier molecular flexibility index (Phi) is 18.7. The lowest BCUT2D eigenvalue weighted by Gasteiger charge is -2.39. The number of halogens is 7. The first-order valence-corrected chi connectivity index (χ1v) is 25.5. The second kappa shape index (κ2) is 24.9. The van der Waals surface area contributed by atoms with Gasteiger partial charge in [0.1, 0.15) is 58.1 Å². The molecular formula is C54H58BClF6N12O8. The number of anilines is 2. The Labute approximate surface area is 472 Å². The number of hydrogen-bond donors (Lipinski definition) is 4. The molecule has 6 aromatic rings. The summed E-state index contributed by atoms with van der Waals surface area (Å²) in [7, 11) is 3.30. The topological polar surface area (TPSA) is 274 Å². The normalized spacial score (nSPS) is 18.1. The predicted octanol–water partition coefficient (Wildman–Crippen LogP) is 6.29. The number of piperazine rings is 2. The van der Waals surface area contributed by atoms with Gasteiger partial charge in [0.25, 0.3) is 11.8 Å². The molecule has 8 N–H and O–H groups in total. The summed E-state index contributed by atoms with van der Waals surface area (Å²) in [4.78, 5) is 70.8. The summed E-state index contributed by atoms with van der Waals surface area (Å²) in [6.45, 7) is 11.2. The summed E-state index contributed by atoms with van der Waals surface area (Å²) in [5.74, 6) is -0.0798.